The standard InChI is InChI=1S/C23H24FN5O4/c24-20-5-2-1-4-19(20)21-16-22(23(30)25-10-3-11-27-12-14-33-15-13-27)28(26-21)17-6-8-18(9-7-17)29(31)32/h1-2,4-9,16H,3,10-15H2,(H,25,30). The van der Waals surface area contributed by atoms with Crippen molar-refractivity contribution in [2.75, 3.05) is 39.4 Å². The molecule has 2 heterocycles. The van der Waals surface area contributed by atoms with Crippen molar-refractivity contribution in [3.05, 3.63) is 76.2 Å². The summed E-state index contributed by atoms with van der Waals surface area (Å²) >= 11 is 0. The number of nitro groups is 1. The monoisotopic (exact) mass is 453 g/mol. The Morgan fingerprint density at radius 1 is 1.15 bits per heavy atom. The van der Waals surface area contributed by atoms with Crippen LogP contribution in [0.1, 0.15) is 16.9 Å². The molecule has 1 aliphatic heterocycles. The van der Waals surface area contributed by atoms with E-state index in [0.29, 0.717) is 17.9 Å². The molecule has 10 heteroatoms. The fourth-order valence-electron chi connectivity index (χ4n) is 3.68. The zero-order valence-corrected chi connectivity index (χ0v) is 17.9. The summed E-state index contributed by atoms with van der Waals surface area (Å²) in [7, 11) is 0. The molecule has 1 aromatic heterocycles. The quantitative estimate of drug-likeness (QED) is 0.320. The minimum Gasteiger partial charge on any atom is -0.379 e. The molecule has 0 aliphatic carbocycles. The molecule has 33 heavy (non-hydrogen) atoms. The molecule has 1 aliphatic rings. The van der Waals surface area contributed by atoms with Crippen molar-refractivity contribution >= 4 is 11.6 Å². The van der Waals surface area contributed by atoms with Gasteiger partial charge in [0.25, 0.3) is 11.6 Å². The molecule has 2 aromatic carbocycles. The minimum atomic E-state index is -0.500. The highest BCUT2D eigenvalue weighted by Gasteiger charge is 2.20. The van der Waals surface area contributed by atoms with Gasteiger partial charge in [-0.25, -0.2) is 9.07 Å². The van der Waals surface area contributed by atoms with E-state index in [0.717, 1.165) is 39.3 Å². The summed E-state index contributed by atoms with van der Waals surface area (Å²) in [5.41, 5.74) is 1.16. The van der Waals surface area contributed by atoms with Crippen LogP contribution in [0.2, 0.25) is 0 Å². The average Bonchev–Trinajstić information content (AvgIpc) is 3.28. The van der Waals surface area contributed by atoms with E-state index >= 15 is 0 Å². The number of aromatic nitrogens is 2. The highest BCUT2D eigenvalue weighted by molar-refractivity contribution is 5.94. The number of carbonyl (C=O) groups excluding carboxylic acids is 1. The summed E-state index contributed by atoms with van der Waals surface area (Å²) in [5.74, 6) is -0.811. The van der Waals surface area contributed by atoms with Crippen molar-refractivity contribution in [3.8, 4) is 16.9 Å². The molecule has 0 spiro atoms. The molecule has 1 fully saturated rings. The lowest BCUT2D eigenvalue weighted by molar-refractivity contribution is -0.384. The number of hydrogen-bond donors (Lipinski definition) is 1. The number of halogens is 1. The third-order valence-corrected chi connectivity index (χ3v) is 5.44. The van der Waals surface area contributed by atoms with Crippen LogP contribution in [0.15, 0.2) is 54.6 Å². The smallest absolute Gasteiger partial charge is 0.270 e. The second-order valence-electron chi connectivity index (χ2n) is 7.64. The summed E-state index contributed by atoms with van der Waals surface area (Å²) in [6, 6.07) is 13.4. The molecule has 0 radical (unpaired) electrons. The SMILES string of the molecule is O=C(NCCCN1CCOCC1)c1cc(-c2ccccc2F)nn1-c1ccc([N+](=O)[O-])cc1. The first-order valence-corrected chi connectivity index (χ1v) is 10.7. The fourth-order valence-corrected chi connectivity index (χ4v) is 3.68. The summed E-state index contributed by atoms with van der Waals surface area (Å²) in [6.07, 6.45) is 0.775. The van der Waals surface area contributed by atoms with Crippen LogP contribution in [0.4, 0.5) is 10.1 Å². The normalized spacial score (nSPS) is 14.2. The molecule has 0 atom stereocenters. The number of amides is 1. The maximum atomic E-state index is 14.3. The summed E-state index contributed by atoms with van der Waals surface area (Å²) < 4.78 is 21.1. The third-order valence-electron chi connectivity index (χ3n) is 5.44. The van der Waals surface area contributed by atoms with Crippen molar-refractivity contribution in [2.45, 2.75) is 6.42 Å². The highest BCUT2D eigenvalue weighted by Crippen LogP contribution is 2.25. The minimum absolute atomic E-state index is 0.0747. The predicted octanol–water partition coefficient (Wildman–Crippen LogP) is 3.04. The van der Waals surface area contributed by atoms with E-state index in [4.69, 9.17) is 4.74 Å². The average molecular weight is 453 g/mol. The van der Waals surface area contributed by atoms with Gasteiger partial charge in [-0.3, -0.25) is 19.8 Å². The number of ether oxygens (including phenoxy) is 1. The number of nitrogens with one attached hydrogen (secondary N) is 1. The number of nitrogens with zero attached hydrogens (tertiary/aromatic N) is 4. The van der Waals surface area contributed by atoms with Crippen LogP contribution in [-0.4, -0.2) is 64.9 Å². The second-order valence-corrected chi connectivity index (χ2v) is 7.64. The summed E-state index contributed by atoms with van der Waals surface area (Å²) in [5, 5.41) is 18.3. The van der Waals surface area contributed by atoms with Crippen molar-refractivity contribution in [2.24, 2.45) is 0 Å². The van der Waals surface area contributed by atoms with Gasteiger partial charge in [-0.1, -0.05) is 12.1 Å². The first-order chi connectivity index (χ1) is 16.0. The Balaban J connectivity index is 1.54. The van der Waals surface area contributed by atoms with Crippen LogP contribution in [0, 0.1) is 15.9 Å². The van der Waals surface area contributed by atoms with Crippen LogP contribution in [-0.2, 0) is 4.74 Å². The molecule has 1 saturated heterocycles. The Morgan fingerprint density at radius 2 is 1.88 bits per heavy atom. The zero-order valence-electron chi connectivity index (χ0n) is 17.9. The summed E-state index contributed by atoms with van der Waals surface area (Å²) in [4.78, 5) is 25.8. The van der Waals surface area contributed by atoms with Crippen molar-refractivity contribution < 1.29 is 18.8 Å². The lowest BCUT2D eigenvalue weighted by Crippen LogP contribution is -2.38. The van der Waals surface area contributed by atoms with E-state index < -0.39 is 10.7 Å². The molecule has 1 amide bonds. The van der Waals surface area contributed by atoms with E-state index in [2.05, 4.69) is 15.3 Å². The van der Waals surface area contributed by atoms with Gasteiger partial charge in [-0.05, 0) is 43.3 Å². The molecule has 0 bridgehead atoms. The molecule has 172 valence electrons. The maximum Gasteiger partial charge on any atom is 0.270 e. The lowest BCUT2D eigenvalue weighted by atomic mass is 10.1. The molecular formula is C23H24FN5O4. The maximum absolute atomic E-state index is 14.3. The Bertz CT molecular complexity index is 1130. The number of carbonyl (C=O) groups is 1. The number of hydrogen-bond acceptors (Lipinski definition) is 6. The van der Waals surface area contributed by atoms with E-state index in [1.54, 1.807) is 18.2 Å². The van der Waals surface area contributed by atoms with Gasteiger partial charge in [0, 0.05) is 37.3 Å². The Morgan fingerprint density at radius 3 is 2.58 bits per heavy atom. The Kier molecular flexibility index (Phi) is 7.06. The topological polar surface area (TPSA) is 103 Å². The van der Waals surface area contributed by atoms with Crippen LogP contribution < -0.4 is 5.32 Å². The molecule has 0 unspecified atom stereocenters. The van der Waals surface area contributed by atoms with Gasteiger partial charge < -0.3 is 10.1 Å². The van der Waals surface area contributed by atoms with Crippen LogP contribution in [0.3, 0.4) is 0 Å². The van der Waals surface area contributed by atoms with Gasteiger partial charge in [-0.2, -0.15) is 5.10 Å². The fraction of sp³-hybridized carbons (Fsp3) is 0.304. The van der Waals surface area contributed by atoms with Crippen LogP contribution in [0.25, 0.3) is 16.9 Å². The van der Waals surface area contributed by atoms with Crippen molar-refractivity contribution in [1.29, 1.82) is 0 Å². The molecule has 9 nitrogen and oxygen atoms in total. The molecule has 1 N–H and O–H groups in total. The molecule has 0 saturated carbocycles. The van der Waals surface area contributed by atoms with Gasteiger partial charge in [0.15, 0.2) is 0 Å². The lowest BCUT2D eigenvalue weighted by Gasteiger charge is -2.26. The van der Waals surface area contributed by atoms with Gasteiger partial charge in [0.2, 0.25) is 0 Å². The van der Waals surface area contributed by atoms with E-state index in [9.17, 15) is 19.3 Å². The van der Waals surface area contributed by atoms with Crippen LogP contribution in [0.5, 0.6) is 0 Å². The van der Waals surface area contributed by atoms with Crippen molar-refractivity contribution in [3.63, 3.8) is 0 Å². The largest absolute Gasteiger partial charge is 0.379 e. The number of non-ortho nitro benzene ring substituents is 1. The molecular weight excluding hydrogens is 429 g/mol. The van der Waals surface area contributed by atoms with Crippen LogP contribution >= 0.6 is 0 Å². The van der Waals surface area contributed by atoms with Crippen molar-refractivity contribution in [1.82, 2.24) is 20.0 Å². The second kappa shape index (κ2) is 10.3. The Labute approximate surface area is 189 Å². The van der Waals surface area contributed by atoms with Gasteiger partial charge >= 0.3 is 0 Å². The zero-order chi connectivity index (χ0) is 23.2. The van der Waals surface area contributed by atoms with Gasteiger partial charge in [-0.15, -0.1) is 0 Å². The third kappa shape index (κ3) is 5.41. The van der Waals surface area contributed by atoms with E-state index in [1.165, 1.54) is 41.1 Å². The Hall–Kier alpha value is -3.63. The molecule has 4 rings (SSSR count). The summed E-state index contributed by atoms with van der Waals surface area (Å²) in [6.45, 7) is 4.53. The molecule has 3 aromatic rings. The predicted molar refractivity (Wildman–Crippen MR) is 120 cm³/mol. The number of benzene rings is 2. The van der Waals surface area contributed by atoms with Gasteiger partial charge in [0.05, 0.1) is 29.5 Å². The van der Waals surface area contributed by atoms with E-state index in [-0.39, 0.29) is 22.9 Å². The number of rotatable bonds is 8. The number of nitro benzene ring substituents is 1. The first kappa shape index (κ1) is 22.6. The van der Waals surface area contributed by atoms with E-state index in [1.807, 2.05) is 0 Å². The number of morpholine rings is 1. The van der Waals surface area contributed by atoms with Gasteiger partial charge in [0.1, 0.15) is 11.5 Å². The highest BCUT2D eigenvalue weighted by atomic mass is 19.1. The first-order valence-electron chi connectivity index (χ1n) is 10.7.